The third-order valence-electron chi connectivity index (χ3n) is 8.81. The molecule has 6 nitrogen and oxygen atoms in total. The molecule has 0 aliphatic heterocycles. The first-order chi connectivity index (χ1) is 22.9. The molecule has 0 aliphatic rings. The van der Waals surface area contributed by atoms with Gasteiger partial charge in [0.05, 0.1) is 11.3 Å². The van der Waals surface area contributed by atoms with Gasteiger partial charge < -0.3 is 13.7 Å². The number of fused-ring (bicyclic) bond motifs is 9. The molecule has 5 heterocycles. The summed E-state index contributed by atoms with van der Waals surface area (Å²) >= 11 is 0. The number of hydrogen-bond acceptors (Lipinski definition) is 4. The van der Waals surface area contributed by atoms with E-state index in [2.05, 4.69) is 103 Å². The molecule has 48 heavy (non-hydrogen) atoms. The molecule has 9 rings (SSSR count). The molecule has 0 N–H and O–H groups in total. The van der Waals surface area contributed by atoms with Gasteiger partial charge in [-0.3, -0.25) is 4.98 Å². The first-order valence-electron chi connectivity index (χ1n) is 15.7. The van der Waals surface area contributed by atoms with Crippen LogP contribution in [0.25, 0.3) is 66.3 Å². The van der Waals surface area contributed by atoms with E-state index in [9.17, 15) is 0 Å². The summed E-state index contributed by atoms with van der Waals surface area (Å²) in [4.78, 5) is 14.7. The number of hydrogen-bond donors (Lipinski definition) is 0. The van der Waals surface area contributed by atoms with Crippen molar-refractivity contribution in [3.05, 3.63) is 139 Å². The molecular formula is C41H29N5OPt. The summed E-state index contributed by atoms with van der Waals surface area (Å²) in [6.07, 6.45) is 5.72. The standard InChI is InChI=1S/C41H29N5O.Pt/c1-41(2,3)34-15-10-22-43-40(34)46-36-16-8-7-13-30(36)31-20-18-28(24-37(31)46)47-27-17-19-29-32-14-9-21-42-38(32)45-25-35(26-11-5-4-6-12-26)44-39(45)33(29)23-27;/h4-22,25H,1-3H3;/q-2;+2. The van der Waals surface area contributed by atoms with E-state index >= 15 is 0 Å². The summed E-state index contributed by atoms with van der Waals surface area (Å²) in [5, 5.41) is 5.14. The van der Waals surface area contributed by atoms with Crippen LogP contribution in [0.5, 0.6) is 11.5 Å². The van der Waals surface area contributed by atoms with Crippen LogP contribution in [-0.2, 0) is 26.5 Å². The van der Waals surface area contributed by atoms with Crippen molar-refractivity contribution in [1.82, 2.24) is 23.9 Å². The Balaban J connectivity index is 0.00000336. The van der Waals surface area contributed by atoms with Crippen molar-refractivity contribution in [2.75, 3.05) is 0 Å². The van der Waals surface area contributed by atoms with E-state index in [0.717, 1.165) is 71.9 Å². The van der Waals surface area contributed by atoms with Gasteiger partial charge in [0, 0.05) is 46.7 Å². The van der Waals surface area contributed by atoms with E-state index in [0.29, 0.717) is 11.5 Å². The Morgan fingerprint density at radius 3 is 2.19 bits per heavy atom. The number of rotatable bonds is 4. The fourth-order valence-corrected chi connectivity index (χ4v) is 6.63. The van der Waals surface area contributed by atoms with Crippen molar-refractivity contribution in [3.63, 3.8) is 0 Å². The SMILES string of the molecule is CC(C)(C)c1cccnc1-n1c2[c-]c(Oc3[c-]c4c(cc3)c3cccnc3n3cc(-c5ccccc5)nc43)ccc2c2ccccc21.[Pt+2]. The van der Waals surface area contributed by atoms with Crippen LogP contribution in [0.3, 0.4) is 0 Å². The predicted molar refractivity (Wildman–Crippen MR) is 188 cm³/mol. The maximum atomic E-state index is 6.53. The van der Waals surface area contributed by atoms with Crippen molar-refractivity contribution >= 4 is 49.3 Å². The molecule has 0 atom stereocenters. The number of nitrogens with zero attached hydrogens (tertiary/aromatic N) is 5. The van der Waals surface area contributed by atoms with Gasteiger partial charge in [0.25, 0.3) is 0 Å². The monoisotopic (exact) mass is 802 g/mol. The smallest absolute Gasteiger partial charge is 0.503 e. The molecule has 0 fully saturated rings. The van der Waals surface area contributed by atoms with E-state index in [-0.39, 0.29) is 26.5 Å². The van der Waals surface area contributed by atoms with Crippen LogP contribution in [0, 0.1) is 12.1 Å². The van der Waals surface area contributed by atoms with Gasteiger partial charge >= 0.3 is 21.1 Å². The van der Waals surface area contributed by atoms with Crippen LogP contribution < -0.4 is 4.74 Å². The average molecular weight is 803 g/mol. The van der Waals surface area contributed by atoms with Crippen molar-refractivity contribution < 1.29 is 25.8 Å². The van der Waals surface area contributed by atoms with Gasteiger partial charge in [0.2, 0.25) is 0 Å². The molecule has 5 aromatic heterocycles. The van der Waals surface area contributed by atoms with Gasteiger partial charge in [-0.25, -0.2) is 9.97 Å². The average Bonchev–Trinajstić information content (AvgIpc) is 3.69. The topological polar surface area (TPSA) is 57.2 Å². The molecular weight excluding hydrogens is 774 g/mol. The Morgan fingerprint density at radius 2 is 1.35 bits per heavy atom. The van der Waals surface area contributed by atoms with E-state index in [1.165, 1.54) is 0 Å². The predicted octanol–water partition coefficient (Wildman–Crippen LogP) is 9.88. The summed E-state index contributed by atoms with van der Waals surface area (Å²) in [5.74, 6) is 2.07. The van der Waals surface area contributed by atoms with Crippen LogP contribution in [0.4, 0.5) is 0 Å². The molecule has 234 valence electrons. The molecule has 0 saturated carbocycles. The zero-order chi connectivity index (χ0) is 31.7. The normalized spacial score (nSPS) is 11.9. The largest absolute Gasteiger partial charge is 2.00 e. The zero-order valence-corrected chi connectivity index (χ0v) is 28.8. The van der Waals surface area contributed by atoms with Crippen molar-refractivity contribution in [3.8, 4) is 28.6 Å². The van der Waals surface area contributed by atoms with Gasteiger partial charge in [0.1, 0.15) is 11.5 Å². The first-order valence-corrected chi connectivity index (χ1v) is 15.7. The van der Waals surface area contributed by atoms with Gasteiger partial charge in [-0.1, -0.05) is 104 Å². The Kier molecular flexibility index (Phi) is 7.15. The maximum Gasteiger partial charge on any atom is 2.00 e. The minimum atomic E-state index is -0.103. The zero-order valence-electron chi connectivity index (χ0n) is 26.5. The van der Waals surface area contributed by atoms with Gasteiger partial charge in [-0.15, -0.1) is 29.7 Å². The van der Waals surface area contributed by atoms with Gasteiger partial charge in [-0.2, -0.15) is 6.07 Å². The Labute approximate surface area is 291 Å². The molecule has 0 unspecified atom stereocenters. The Bertz CT molecular complexity index is 2650. The van der Waals surface area contributed by atoms with Crippen LogP contribution in [-0.4, -0.2) is 23.9 Å². The minimum Gasteiger partial charge on any atom is -0.503 e. The minimum absolute atomic E-state index is 0. The maximum absolute atomic E-state index is 6.53. The second-order valence-corrected chi connectivity index (χ2v) is 12.8. The number of benzene rings is 4. The molecule has 0 bridgehead atoms. The molecule has 0 radical (unpaired) electrons. The number of para-hydroxylation sites is 1. The summed E-state index contributed by atoms with van der Waals surface area (Å²) in [6.45, 7) is 6.65. The summed E-state index contributed by atoms with van der Waals surface area (Å²) in [6, 6.07) is 42.1. The third kappa shape index (κ3) is 4.79. The van der Waals surface area contributed by atoms with Crippen molar-refractivity contribution in [1.29, 1.82) is 0 Å². The third-order valence-corrected chi connectivity index (χ3v) is 8.81. The van der Waals surface area contributed by atoms with Gasteiger partial charge in [-0.05, 0) is 34.4 Å². The Morgan fingerprint density at radius 1 is 0.646 bits per heavy atom. The number of aromatic nitrogens is 5. The van der Waals surface area contributed by atoms with Crippen LogP contribution in [0.15, 0.2) is 122 Å². The molecule has 0 aliphatic carbocycles. The van der Waals surface area contributed by atoms with E-state index < -0.39 is 0 Å². The molecule has 0 saturated heterocycles. The van der Waals surface area contributed by atoms with Crippen LogP contribution >= 0.6 is 0 Å². The number of imidazole rings is 1. The fraction of sp³-hybridized carbons (Fsp3) is 0.0976. The summed E-state index contributed by atoms with van der Waals surface area (Å²) in [5.41, 5.74) is 6.59. The number of ether oxygens (including phenoxy) is 1. The molecule has 7 heteroatoms. The van der Waals surface area contributed by atoms with E-state index in [4.69, 9.17) is 19.7 Å². The Hall–Kier alpha value is -5.32. The van der Waals surface area contributed by atoms with Crippen LogP contribution in [0.1, 0.15) is 26.3 Å². The molecule has 0 amide bonds. The van der Waals surface area contributed by atoms with Crippen molar-refractivity contribution in [2.45, 2.75) is 26.2 Å². The second-order valence-electron chi connectivity index (χ2n) is 12.8. The summed E-state index contributed by atoms with van der Waals surface area (Å²) < 4.78 is 10.8. The van der Waals surface area contributed by atoms with E-state index in [1.807, 2.05) is 61.1 Å². The first kappa shape index (κ1) is 30.0. The second kappa shape index (κ2) is 11.4. The summed E-state index contributed by atoms with van der Waals surface area (Å²) in [7, 11) is 0. The molecule has 4 aromatic carbocycles. The fourth-order valence-electron chi connectivity index (χ4n) is 6.63. The quantitative estimate of drug-likeness (QED) is 0.131. The molecule has 9 aromatic rings. The van der Waals surface area contributed by atoms with E-state index in [1.54, 1.807) is 0 Å². The molecule has 0 spiro atoms. The number of pyridine rings is 3. The van der Waals surface area contributed by atoms with Crippen molar-refractivity contribution in [2.24, 2.45) is 0 Å². The van der Waals surface area contributed by atoms with Gasteiger partial charge in [0.15, 0.2) is 0 Å². The van der Waals surface area contributed by atoms with Crippen LogP contribution in [0.2, 0.25) is 0 Å².